The van der Waals surface area contributed by atoms with Crippen molar-refractivity contribution >= 4 is 11.4 Å². The Bertz CT molecular complexity index is 456. The number of anilines is 2. The summed E-state index contributed by atoms with van der Waals surface area (Å²) in [6, 6.07) is 3.60. The average Bonchev–Trinajstić information content (AvgIpc) is 2.29. The van der Waals surface area contributed by atoms with Crippen molar-refractivity contribution in [3.63, 3.8) is 0 Å². The number of alkyl halides is 3. The standard InChI is InChI=1S/C14H19F3N2/c1-3-13(4-2)8-19(9-13)12-6-5-10(7-11(12)18)14(15,16)17/h5-7H,3-4,8-9,18H2,1-2H3. The van der Waals surface area contributed by atoms with Crippen molar-refractivity contribution < 1.29 is 13.2 Å². The molecule has 2 nitrogen and oxygen atoms in total. The molecule has 0 aliphatic carbocycles. The molecule has 1 fully saturated rings. The molecule has 0 bridgehead atoms. The third-order valence-electron chi connectivity index (χ3n) is 4.25. The van der Waals surface area contributed by atoms with Gasteiger partial charge in [0, 0.05) is 18.5 Å². The Morgan fingerprint density at radius 1 is 1.21 bits per heavy atom. The van der Waals surface area contributed by atoms with Crippen molar-refractivity contribution in [3.05, 3.63) is 23.8 Å². The van der Waals surface area contributed by atoms with E-state index in [0.29, 0.717) is 11.1 Å². The minimum Gasteiger partial charge on any atom is -0.397 e. The molecule has 0 aromatic heterocycles. The van der Waals surface area contributed by atoms with Crippen LogP contribution in [0.3, 0.4) is 0 Å². The minimum absolute atomic E-state index is 0.204. The second-order valence-corrected chi connectivity index (χ2v) is 5.33. The Hall–Kier alpha value is -1.39. The molecule has 0 amide bonds. The summed E-state index contributed by atoms with van der Waals surface area (Å²) in [4.78, 5) is 2.06. The van der Waals surface area contributed by atoms with E-state index in [1.165, 1.54) is 6.07 Å². The highest BCUT2D eigenvalue weighted by Gasteiger charge is 2.40. The highest BCUT2D eigenvalue weighted by Crippen LogP contribution is 2.42. The van der Waals surface area contributed by atoms with Crippen LogP contribution in [0.2, 0.25) is 0 Å². The maximum atomic E-state index is 12.6. The minimum atomic E-state index is -4.34. The predicted octanol–water partition coefficient (Wildman–Crippen LogP) is 3.91. The van der Waals surface area contributed by atoms with Gasteiger partial charge >= 0.3 is 6.18 Å². The molecule has 5 heteroatoms. The SMILES string of the molecule is CCC1(CC)CN(c2ccc(C(F)(F)F)cc2N)C1. The number of halogens is 3. The zero-order chi connectivity index (χ0) is 14.3. The van der Waals surface area contributed by atoms with Crippen LogP contribution in [0.25, 0.3) is 0 Å². The second kappa shape index (κ2) is 4.62. The Labute approximate surface area is 111 Å². The number of hydrogen-bond acceptors (Lipinski definition) is 2. The van der Waals surface area contributed by atoms with E-state index in [4.69, 9.17) is 5.73 Å². The van der Waals surface area contributed by atoms with Gasteiger partial charge in [-0.2, -0.15) is 13.2 Å². The maximum absolute atomic E-state index is 12.6. The van der Waals surface area contributed by atoms with E-state index >= 15 is 0 Å². The zero-order valence-electron chi connectivity index (χ0n) is 11.2. The Balaban J connectivity index is 2.16. The number of rotatable bonds is 3. The first kappa shape index (κ1) is 14.0. The summed E-state index contributed by atoms with van der Waals surface area (Å²) < 4.78 is 37.7. The van der Waals surface area contributed by atoms with Crippen molar-refractivity contribution in [2.45, 2.75) is 32.9 Å². The lowest BCUT2D eigenvalue weighted by atomic mass is 9.75. The third-order valence-corrected chi connectivity index (χ3v) is 4.25. The summed E-state index contributed by atoms with van der Waals surface area (Å²) in [6.45, 7) is 6.04. The molecule has 1 aromatic rings. The molecular formula is C14H19F3N2. The van der Waals surface area contributed by atoms with Gasteiger partial charge in [0.05, 0.1) is 16.9 Å². The highest BCUT2D eigenvalue weighted by atomic mass is 19.4. The molecule has 1 aliphatic heterocycles. The van der Waals surface area contributed by atoms with Gasteiger partial charge in [-0.3, -0.25) is 0 Å². The summed E-state index contributed by atoms with van der Waals surface area (Å²) in [5.74, 6) is 0. The molecule has 2 N–H and O–H groups in total. The van der Waals surface area contributed by atoms with E-state index < -0.39 is 11.7 Å². The monoisotopic (exact) mass is 272 g/mol. The van der Waals surface area contributed by atoms with Crippen LogP contribution < -0.4 is 10.6 Å². The first-order valence-corrected chi connectivity index (χ1v) is 6.53. The quantitative estimate of drug-likeness (QED) is 0.845. The number of hydrogen-bond donors (Lipinski definition) is 1. The Kier molecular flexibility index (Phi) is 3.41. The molecule has 0 spiro atoms. The molecule has 2 rings (SSSR count). The van der Waals surface area contributed by atoms with E-state index in [0.717, 1.165) is 38.1 Å². The predicted molar refractivity (Wildman–Crippen MR) is 71.1 cm³/mol. The molecule has 19 heavy (non-hydrogen) atoms. The summed E-state index contributed by atoms with van der Waals surface area (Å²) in [5, 5.41) is 0. The van der Waals surface area contributed by atoms with Crippen LogP contribution >= 0.6 is 0 Å². The third kappa shape index (κ3) is 2.51. The normalized spacial score (nSPS) is 18.3. The van der Waals surface area contributed by atoms with Crippen molar-refractivity contribution in [3.8, 4) is 0 Å². The summed E-state index contributed by atoms with van der Waals surface area (Å²) in [5.41, 5.74) is 6.29. The van der Waals surface area contributed by atoms with Gasteiger partial charge in [0.15, 0.2) is 0 Å². The zero-order valence-corrected chi connectivity index (χ0v) is 11.2. The van der Waals surface area contributed by atoms with Crippen LogP contribution in [0.1, 0.15) is 32.3 Å². The van der Waals surface area contributed by atoms with Crippen molar-refractivity contribution in [2.75, 3.05) is 23.7 Å². The molecule has 1 saturated heterocycles. The van der Waals surface area contributed by atoms with E-state index in [2.05, 4.69) is 18.7 Å². The molecule has 1 aliphatic rings. The Morgan fingerprint density at radius 3 is 2.21 bits per heavy atom. The molecule has 1 heterocycles. The highest BCUT2D eigenvalue weighted by molar-refractivity contribution is 5.70. The van der Waals surface area contributed by atoms with Gasteiger partial charge in [0.25, 0.3) is 0 Å². The van der Waals surface area contributed by atoms with E-state index in [9.17, 15) is 13.2 Å². The molecule has 1 aromatic carbocycles. The smallest absolute Gasteiger partial charge is 0.397 e. The lowest BCUT2D eigenvalue weighted by molar-refractivity contribution is -0.137. The Morgan fingerprint density at radius 2 is 1.79 bits per heavy atom. The van der Waals surface area contributed by atoms with E-state index in [1.54, 1.807) is 0 Å². The van der Waals surface area contributed by atoms with Crippen LogP contribution in [0.15, 0.2) is 18.2 Å². The number of benzene rings is 1. The van der Waals surface area contributed by atoms with Gasteiger partial charge in [-0.1, -0.05) is 13.8 Å². The van der Waals surface area contributed by atoms with Gasteiger partial charge in [0.2, 0.25) is 0 Å². The van der Waals surface area contributed by atoms with Gasteiger partial charge < -0.3 is 10.6 Å². The molecular weight excluding hydrogens is 253 g/mol. The second-order valence-electron chi connectivity index (χ2n) is 5.33. The number of nitrogen functional groups attached to an aromatic ring is 1. The fourth-order valence-corrected chi connectivity index (χ4v) is 2.65. The molecule has 0 saturated carbocycles. The lowest BCUT2D eigenvalue weighted by Gasteiger charge is -2.51. The summed E-state index contributed by atoms with van der Waals surface area (Å²) in [7, 11) is 0. The van der Waals surface area contributed by atoms with E-state index in [1.807, 2.05) is 0 Å². The first-order valence-electron chi connectivity index (χ1n) is 6.53. The van der Waals surface area contributed by atoms with Crippen LogP contribution in [0, 0.1) is 5.41 Å². The summed E-state index contributed by atoms with van der Waals surface area (Å²) in [6.07, 6.45) is -2.17. The van der Waals surface area contributed by atoms with Gasteiger partial charge in [0.1, 0.15) is 0 Å². The van der Waals surface area contributed by atoms with Gasteiger partial charge in [-0.15, -0.1) is 0 Å². The maximum Gasteiger partial charge on any atom is 0.416 e. The van der Waals surface area contributed by atoms with Gasteiger partial charge in [-0.05, 0) is 31.0 Å². The molecule has 0 atom stereocenters. The number of nitrogens with zero attached hydrogens (tertiary/aromatic N) is 1. The fraction of sp³-hybridized carbons (Fsp3) is 0.571. The van der Waals surface area contributed by atoms with Crippen molar-refractivity contribution in [2.24, 2.45) is 5.41 Å². The average molecular weight is 272 g/mol. The van der Waals surface area contributed by atoms with E-state index in [-0.39, 0.29) is 5.69 Å². The van der Waals surface area contributed by atoms with Crippen LogP contribution in [-0.2, 0) is 6.18 Å². The lowest BCUT2D eigenvalue weighted by Crippen LogP contribution is -2.56. The van der Waals surface area contributed by atoms with Crippen LogP contribution in [-0.4, -0.2) is 13.1 Å². The van der Waals surface area contributed by atoms with Crippen LogP contribution in [0.4, 0.5) is 24.5 Å². The largest absolute Gasteiger partial charge is 0.416 e. The van der Waals surface area contributed by atoms with Crippen molar-refractivity contribution in [1.82, 2.24) is 0 Å². The molecule has 0 radical (unpaired) electrons. The van der Waals surface area contributed by atoms with Gasteiger partial charge in [-0.25, -0.2) is 0 Å². The fourth-order valence-electron chi connectivity index (χ4n) is 2.65. The summed E-state index contributed by atoms with van der Waals surface area (Å²) >= 11 is 0. The molecule has 106 valence electrons. The van der Waals surface area contributed by atoms with Crippen LogP contribution in [0.5, 0.6) is 0 Å². The molecule has 0 unspecified atom stereocenters. The topological polar surface area (TPSA) is 29.3 Å². The van der Waals surface area contributed by atoms with Crippen molar-refractivity contribution in [1.29, 1.82) is 0 Å². The number of nitrogens with two attached hydrogens (primary N) is 1. The first-order chi connectivity index (χ1) is 8.81.